The van der Waals surface area contributed by atoms with Crippen LogP contribution >= 0.6 is 0 Å². The first-order valence-corrected chi connectivity index (χ1v) is 11.2. The van der Waals surface area contributed by atoms with Crippen LogP contribution in [0.2, 0.25) is 0 Å². The monoisotopic (exact) mass is 426 g/mol. The molecule has 0 saturated heterocycles. The third-order valence-corrected chi connectivity index (χ3v) is 6.30. The molecule has 1 spiro atoms. The molecule has 32 heavy (non-hydrogen) atoms. The zero-order valence-corrected chi connectivity index (χ0v) is 18.2. The quantitative estimate of drug-likeness (QED) is 0.626. The van der Waals surface area contributed by atoms with Gasteiger partial charge >= 0.3 is 0 Å². The molecule has 2 heterocycles. The first-order valence-electron chi connectivity index (χ1n) is 11.2. The van der Waals surface area contributed by atoms with Gasteiger partial charge in [-0.1, -0.05) is 74.4 Å². The Bertz CT molecular complexity index is 1160. The smallest absolute Gasteiger partial charge is 0.256 e. The highest BCUT2D eigenvalue weighted by Gasteiger charge is 2.49. The van der Waals surface area contributed by atoms with Crippen LogP contribution in [0.3, 0.4) is 0 Å². The lowest BCUT2D eigenvalue weighted by Crippen LogP contribution is -2.40. The lowest BCUT2D eigenvalue weighted by atomic mass is 9.97. The first-order chi connectivity index (χ1) is 15.7. The van der Waals surface area contributed by atoms with E-state index >= 15 is 0 Å². The third kappa shape index (κ3) is 3.64. The minimum Gasteiger partial charge on any atom is -0.290 e. The molecule has 1 aliphatic carbocycles. The number of H-pyrrole nitrogens is 1. The van der Waals surface area contributed by atoms with E-state index in [1.54, 1.807) is 0 Å². The number of benzene rings is 2. The van der Waals surface area contributed by atoms with Crippen molar-refractivity contribution < 1.29 is 4.79 Å². The fraction of sp³-hybridized carbons (Fsp3) is 0.320. The summed E-state index contributed by atoms with van der Waals surface area (Å²) in [6.45, 7) is 2.62. The molecule has 1 aromatic heterocycles. The van der Waals surface area contributed by atoms with Gasteiger partial charge in [-0.3, -0.25) is 14.7 Å². The van der Waals surface area contributed by atoms with E-state index in [0.29, 0.717) is 12.4 Å². The zero-order chi connectivity index (χ0) is 22.0. The summed E-state index contributed by atoms with van der Waals surface area (Å²) in [4.78, 5) is 20.1. The molecule has 5 rings (SSSR count). The van der Waals surface area contributed by atoms with Crippen LogP contribution in [0.1, 0.15) is 44.6 Å². The van der Waals surface area contributed by atoms with E-state index in [2.05, 4.69) is 64.0 Å². The Kier molecular flexibility index (Phi) is 5.39. The van der Waals surface area contributed by atoms with Crippen LogP contribution in [0.5, 0.6) is 0 Å². The summed E-state index contributed by atoms with van der Waals surface area (Å²) in [7, 11) is 0. The number of carbonyl (C=O) groups excluding carboxylic acids is 1. The Morgan fingerprint density at radius 1 is 1.06 bits per heavy atom. The second-order valence-electron chi connectivity index (χ2n) is 8.39. The number of nitrogens with zero attached hydrogens (tertiary/aromatic N) is 5. The fourth-order valence-corrected chi connectivity index (χ4v) is 4.65. The molecular formula is C25H26N6O. The molecular weight excluding hydrogens is 400 g/mol. The van der Waals surface area contributed by atoms with Gasteiger partial charge in [0.05, 0.1) is 6.54 Å². The number of amides is 1. The van der Waals surface area contributed by atoms with Gasteiger partial charge in [0.2, 0.25) is 5.82 Å². The van der Waals surface area contributed by atoms with Crippen LogP contribution in [-0.2, 0) is 11.3 Å². The maximum Gasteiger partial charge on any atom is 0.256 e. The average molecular weight is 427 g/mol. The van der Waals surface area contributed by atoms with Crippen LogP contribution in [0, 0.1) is 0 Å². The van der Waals surface area contributed by atoms with Gasteiger partial charge in [-0.15, -0.1) is 10.2 Å². The predicted octanol–water partition coefficient (Wildman–Crippen LogP) is 4.55. The van der Waals surface area contributed by atoms with Gasteiger partial charge in [0.1, 0.15) is 11.4 Å². The maximum atomic E-state index is 13.3. The van der Waals surface area contributed by atoms with Gasteiger partial charge in [0.15, 0.2) is 0 Å². The lowest BCUT2D eigenvalue weighted by Gasteiger charge is -2.22. The molecule has 0 atom stereocenters. The summed E-state index contributed by atoms with van der Waals surface area (Å²) in [6.07, 6.45) is 8.86. The number of allylic oxidation sites excluding steroid dienone is 1. The second-order valence-corrected chi connectivity index (χ2v) is 8.39. The van der Waals surface area contributed by atoms with E-state index in [1.165, 1.54) is 0 Å². The minimum absolute atomic E-state index is 0.150. The summed E-state index contributed by atoms with van der Waals surface area (Å²) in [5.41, 5.74) is 3.57. The molecule has 2 aromatic carbocycles. The number of rotatable bonds is 6. The highest BCUT2D eigenvalue weighted by molar-refractivity contribution is 6.12. The van der Waals surface area contributed by atoms with Crippen molar-refractivity contribution in [2.75, 3.05) is 0 Å². The molecule has 1 N–H and O–H groups in total. The molecule has 1 amide bonds. The van der Waals surface area contributed by atoms with E-state index in [4.69, 9.17) is 4.99 Å². The molecule has 1 saturated carbocycles. The molecule has 1 fully saturated rings. The average Bonchev–Trinajstić information content (AvgIpc) is 3.58. The Morgan fingerprint density at radius 2 is 1.81 bits per heavy atom. The van der Waals surface area contributed by atoms with E-state index in [-0.39, 0.29) is 5.91 Å². The number of aromatic nitrogens is 4. The van der Waals surface area contributed by atoms with Gasteiger partial charge in [0.25, 0.3) is 5.91 Å². The SMILES string of the molecule is CCC=CC1=NC2(CCCC2)C(=O)N1Cc1ccc(-c2ccccc2-c2nn[nH]n2)cc1. The summed E-state index contributed by atoms with van der Waals surface area (Å²) in [5, 5.41) is 14.4. The normalized spacial score (nSPS) is 17.6. The van der Waals surface area contributed by atoms with Crippen molar-refractivity contribution in [3.05, 3.63) is 66.2 Å². The van der Waals surface area contributed by atoms with Gasteiger partial charge < -0.3 is 0 Å². The fourth-order valence-electron chi connectivity index (χ4n) is 4.65. The lowest BCUT2D eigenvalue weighted by molar-refractivity contribution is -0.131. The summed E-state index contributed by atoms with van der Waals surface area (Å²) >= 11 is 0. The second kappa shape index (κ2) is 8.49. The van der Waals surface area contributed by atoms with E-state index in [9.17, 15) is 4.79 Å². The third-order valence-electron chi connectivity index (χ3n) is 6.30. The Balaban J connectivity index is 1.40. The maximum absolute atomic E-state index is 13.3. The Labute approximate surface area is 187 Å². The van der Waals surface area contributed by atoms with Gasteiger partial charge in [0, 0.05) is 5.56 Å². The summed E-state index contributed by atoms with van der Waals surface area (Å²) in [5.74, 6) is 1.51. The number of nitrogens with one attached hydrogen (secondary N) is 1. The minimum atomic E-state index is -0.531. The van der Waals surface area contributed by atoms with Crippen LogP contribution < -0.4 is 0 Å². The number of aliphatic imine (C=N–C) groups is 1. The van der Waals surface area contributed by atoms with Crippen molar-refractivity contribution in [2.45, 2.75) is 51.1 Å². The topological polar surface area (TPSA) is 87.1 Å². The molecule has 2 aliphatic rings. The molecule has 0 radical (unpaired) electrons. The highest BCUT2D eigenvalue weighted by Crippen LogP contribution is 2.39. The molecule has 7 heteroatoms. The van der Waals surface area contributed by atoms with E-state index in [1.807, 2.05) is 29.2 Å². The van der Waals surface area contributed by atoms with Crippen molar-refractivity contribution in [1.29, 1.82) is 0 Å². The summed E-state index contributed by atoms with van der Waals surface area (Å²) in [6, 6.07) is 16.3. The van der Waals surface area contributed by atoms with Gasteiger partial charge in [-0.2, -0.15) is 5.21 Å². The van der Waals surface area contributed by atoms with Crippen molar-refractivity contribution in [2.24, 2.45) is 4.99 Å². The number of aromatic amines is 1. The van der Waals surface area contributed by atoms with E-state index in [0.717, 1.165) is 60.2 Å². The van der Waals surface area contributed by atoms with E-state index < -0.39 is 5.54 Å². The first kappa shape index (κ1) is 20.3. The number of carbonyl (C=O) groups is 1. The summed E-state index contributed by atoms with van der Waals surface area (Å²) < 4.78 is 0. The molecule has 0 unspecified atom stereocenters. The van der Waals surface area contributed by atoms with Gasteiger partial charge in [-0.05, 0) is 47.2 Å². The number of amidine groups is 1. The van der Waals surface area contributed by atoms with Crippen molar-refractivity contribution >= 4 is 11.7 Å². The Hall–Kier alpha value is -3.61. The van der Waals surface area contributed by atoms with Crippen LogP contribution in [0.25, 0.3) is 22.5 Å². The van der Waals surface area contributed by atoms with Crippen LogP contribution in [-0.4, -0.2) is 42.8 Å². The van der Waals surface area contributed by atoms with Crippen molar-refractivity contribution in [1.82, 2.24) is 25.5 Å². The van der Waals surface area contributed by atoms with Crippen molar-refractivity contribution in [3.8, 4) is 22.5 Å². The molecule has 162 valence electrons. The number of hydrogen-bond donors (Lipinski definition) is 1. The zero-order valence-electron chi connectivity index (χ0n) is 18.2. The van der Waals surface area contributed by atoms with Gasteiger partial charge in [-0.25, -0.2) is 0 Å². The number of hydrogen-bond acceptors (Lipinski definition) is 5. The van der Waals surface area contributed by atoms with Crippen LogP contribution in [0.15, 0.2) is 65.7 Å². The molecule has 7 nitrogen and oxygen atoms in total. The number of tetrazole rings is 1. The predicted molar refractivity (Wildman–Crippen MR) is 124 cm³/mol. The van der Waals surface area contributed by atoms with Crippen LogP contribution in [0.4, 0.5) is 0 Å². The largest absolute Gasteiger partial charge is 0.290 e. The standard InChI is InChI=1S/C25H26N6O/c1-2-3-10-22-26-25(15-6-7-16-25)24(32)31(22)17-18-11-13-19(14-12-18)20-8-4-5-9-21(20)23-27-29-30-28-23/h3-5,8-14H,2,6-7,15-17H2,1H3,(H,27,28,29,30). The molecule has 3 aromatic rings. The molecule has 1 aliphatic heterocycles. The molecule has 0 bridgehead atoms. The van der Waals surface area contributed by atoms with Crippen molar-refractivity contribution in [3.63, 3.8) is 0 Å². The Morgan fingerprint density at radius 3 is 2.50 bits per heavy atom. The highest BCUT2D eigenvalue weighted by atomic mass is 16.2.